The van der Waals surface area contributed by atoms with Crippen LogP contribution in [0.2, 0.25) is 0 Å². The van der Waals surface area contributed by atoms with E-state index in [-0.39, 0.29) is 16.8 Å². The van der Waals surface area contributed by atoms with Crippen molar-refractivity contribution in [2.45, 2.75) is 33.1 Å². The first kappa shape index (κ1) is 15.3. The fourth-order valence-electron chi connectivity index (χ4n) is 1.34. The smallest absolute Gasteiger partial charge is 0.229 e. The first-order valence-electron chi connectivity index (χ1n) is 5.78. The summed E-state index contributed by atoms with van der Waals surface area (Å²) < 4.78 is 5.17. The maximum Gasteiger partial charge on any atom is 0.229 e. The third-order valence-electron chi connectivity index (χ3n) is 2.21. The highest BCUT2D eigenvalue weighted by atomic mass is 32.1. The van der Waals surface area contributed by atoms with Crippen LogP contribution in [0.1, 0.15) is 33.1 Å². The van der Waals surface area contributed by atoms with Gasteiger partial charge in [0, 0.05) is 19.8 Å². The summed E-state index contributed by atoms with van der Waals surface area (Å²) in [6.45, 7) is 5.94. The van der Waals surface area contributed by atoms with Gasteiger partial charge in [0.2, 0.25) is 5.91 Å². The first-order chi connectivity index (χ1) is 7.63. The van der Waals surface area contributed by atoms with Crippen molar-refractivity contribution < 1.29 is 9.53 Å². The second kappa shape index (κ2) is 9.54. The summed E-state index contributed by atoms with van der Waals surface area (Å²) in [6.07, 6.45) is 2.43. The third-order valence-corrected chi connectivity index (χ3v) is 2.49. The normalized spacial score (nSPS) is 12.1. The van der Waals surface area contributed by atoms with Crippen LogP contribution < -0.4 is 11.1 Å². The Kier molecular flexibility index (Phi) is 9.13. The van der Waals surface area contributed by atoms with E-state index in [9.17, 15) is 4.79 Å². The van der Waals surface area contributed by atoms with Crippen molar-refractivity contribution in [2.24, 2.45) is 11.7 Å². The molecule has 0 radical (unpaired) electrons. The van der Waals surface area contributed by atoms with E-state index in [1.54, 1.807) is 0 Å². The number of thiocarbonyl (C=S) groups is 1. The van der Waals surface area contributed by atoms with E-state index >= 15 is 0 Å². The van der Waals surface area contributed by atoms with Crippen LogP contribution in [0.15, 0.2) is 0 Å². The van der Waals surface area contributed by atoms with Crippen molar-refractivity contribution in [1.82, 2.24) is 5.32 Å². The number of rotatable bonds is 9. The van der Waals surface area contributed by atoms with Crippen LogP contribution in [-0.4, -0.2) is 30.7 Å². The standard InChI is InChI=1S/C11H22N2O2S/c1-3-6-9(10(12)16)11(14)13-7-5-8-15-4-2/h9H,3-8H2,1-2H3,(H2,12,16)(H,13,14). The summed E-state index contributed by atoms with van der Waals surface area (Å²) in [7, 11) is 0. The third kappa shape index (κ3) is 6.74. The fraction of sp³-hybridized carbons (Fsp3) is 0.818. The lowest BCUT2D eigenvalue weighted by molar-refractivity contribution is -0.123. The van der Waals surface area contributed by atoms with Gasteiger partial charge in [-0.3, -0.25) is 4.79 Å². The molecular formula is C11H22N2O2S. The molecule has 0 aliphatic heterocycles. The van der Waals surface area contributed by atoms with Crippen LogP contribution in [0.4, 0.5) is 0 Å². The van der Waals surface area contributed by atoms with Gasteiger partial charge >= 0.3 is 0 Å². The minimum absolute atomic E-state index is 0.0640. The fourth-order valence-corrected chi connectivity index (χ4v) is 1.57. The molecule has 94 valence electrons. The summed E-state index contributed by atoms with van der Waals surface area (Å²) in [6, 6.07) is 0. The number of hydrogen-bond donors (Lipinski definition) is 2. The Morgan fingerprint density at radius 2 is 2.19 bits per heavy atom. The van der Waals surface area contributed by atoms with Gasteiger partial charge in [-0.25, -0.2) is 0 Å². The zero-order valence-electron chi connectivity index (χ0n) is 10.1. The van der Waals surface area contributed by atoms with Crippen LogP contribution in [-0.2, 0) is 9.53 Å². The number of ether oxygens (including phenoxy) is 1. The van der Waals surface area contributed by atoms with E-state index in [1.165, 1.54) is 0 Å². The highest BCUT2D eigenvalue weighted by molar-refractivity contribution is 7.80. The summed E-state index contributed by atoms with van der Waals surface area (Å²) in [5.41, 5.74) is 5.52. The zero-order valence-corrected chi connectivity index (χ0v) is 10.9. The van der Waals surface area contributed by atoms with Gasteiger partial charge < -0.3 is 15.8 Å². The van der Waals surface area contributed by atoms with Crippen LogP contribution in [0, 0.1) is 5.92 Å². The van der Waals surface area contributed by atoms with Crippen molar-refractivity contribution in [1.29, 1.82) is 0 Å². The maximum absolute atomic E-state index is 11.7. The monoisotopic (exact) mass is 246 g/mol. The highest BCUT2D eigenvalue weighted by Gasteiger charge is 2.19. The average molecular weight is 246 g/mol. The van der Waals surface area contributed by atoms with Gasteiger partial charge in [0.25, 0.3) is 0 Å². The Morgan fingerprint density at radius 3 is 2.69 bits per heavy atom. The van der Waals surface area contributed by atoms with E-state index < -0.39 is 0 Å². The molecule has 0 saturated heterocycles. The molecule has 0 aromatic heterocycles. The lowest BCUT2D eigenvalue weighted by atomic mass is 10.0. The summed E-state index contributed by atoms with van der Waals surface area (Å²) in [4.78, 5) is 12.0. The molecule has 0 heterocycles. The van der Waals surface area contributed by atoms with Gasteiger partial charge in [0.1, 0.15) is 0 Å². The molecule has 1 atom stereocenters. The van der Waals surface area contributed by atoms with E-state index in [0.29, 0.717) is 26.2 Å². The summed E-state index contributed by atoms with van der Waals surface area (Å²) in [5, 5.41) is 2.82. The van der Waals surface area contributed by atoms with Crippen molar-refractivity contribution >= 4 is 23.1 Å². The minimum Gasteiger partial charge on any atom is -0.393 e. The second-order valence-corrected chi connectivity index (χ2v) is 4.06. The summed E-state index contributed by atoms with van der Waals surface area (Å²) >= 11 is 4.87. The van der Waals surface area contributed by atoms with Crippen molar-refractivity contribution in [3.63, 3.8) is 0 Å². The molecule has 0 rings (SSSR count). The Bertz CT molecular complexity index is 222. The molecule has 5 heteroatoms. The first-order valence-corrected chi connectivity index (χ1v) is 6.19. The molecule has 0 aliphatic carbocycles. The Morgan fingerprint density at radius 1 is 1.50 bits per heavy atom. The number of amides is 1. The molecule has 16 heavy (non-hydrogen) atoms. The Hall–Kier alpha value is -0.680. The van der Waals surface area contributed by atoms with Crippen LogP contribution >= 0.6 is 12.2 Å². The van der Waals surface area contributed by atoms with Gasteiger partial charge in [0.05, 0.1) is 10.9 Å². The van der Waals surface area contributed by atoms with E-state index in [1.807, 2.05) is 13.8 Å². The topological polar surface area (TPSA) is 64.3 Å². The molecule has 0 spiro atoms. The lowest BCUT2D eigenvalue weighted by Crippen LogP contribution is -2.38. The van der Waals surface area contributed by atoms with Crippen molar-refractivity contribution in [3.05, 3.63) is 0 Å². The largest absolute Gasteiger partial charge is 0.393 e. The molecular weight excluding hydrogens is 224 g/mol. The van der Waals surface area contributed by atoms with Crippen molar-refractivity contribution in [3.8, 4) is 0 Å². The van der Waals surface area contributed by atoms with E-state index in [2.05, 4.69) is 5.32 Å². The van der Waals surface area contributed by atoms with Gasteiger partial charge in [-0.05, 0) is 19.8 Å². The number of carbonyl (C=O) groups excluding carboxylic acids is 1. The zero-order chi connectivity index (χ0) is 12.4. The highest BCUT2D eigenvalue weighted by Crippen LogP contribution is 2.06. The molecule has 3 N–H and O–H groups in total. The second-order valence-electron chi connectivity index (χ2n) is 3.59. The van der Waals surface area contributed by atoms with Crippen LogP contribution in [0.5, 0.6) is 0 Å². The van der Waals surface area contributed by atoms with E-state index in [4.69, 9.17) is 22.7 Å². The van der Waals surface area contributed by atoms with Gasteiger partial charge in [-0.1, -0.05) is 25.6 Å². The predicted octanol–water partition coefficient (Wildman–Crippen LogP) is 1.23. The molecule has 0 saturated carbocycles. The maximum atomic E-state index is 11.7. The molecule has 0 aliphatic rings. The Balaban J connectivity index is 3.79. The van der Waals surface area contributed by atoms with Gasteiger partial charge in [-0.2, -0.15) is 0 Å². The molecule has 0 bridgehead atoms. The number of carbonyl (C=O) groups is 1. The lowest BCUT2D eigenvalue weighted by Gasteiger charge is -2.14. The van der Waals surface area contributed by atoms with Gasteiger partial charge in [0.15, 0.2) is 0 Å². The van der Waals surface area contributed by atoms with Gasteiger partial charge in [-0.15, -0.1) is 0 Å². The van der Waals surface area contributed by atoms with E-state index in [0.717, 1.165) is 12.8 Å². The average Bonchev–Trinajstić information content (AvgIpc) is 2.24. The van der Waals surface area contributed by atoms with Crippen LogP contribution in [0.25, 0.3) is 0 Å². The van der Waals surface area contributed by atoms with Crippen molar-refractivity contribution in [2.75, 3.05) is 19.8 Å². The predicted molar refractivity (Wildman–Crippen MR) is 69.3 cm³/mol. The molecule has 0 aromatic carbocycles. The SMILES string of the molecule is CCCC(C(=O)NCCCOCC)C(N)=S. The molecule has 1 unspecified atom stereocenters. The minimum atomic E-state index is -0.327. The molecule has 0 fully saturated rings. The summed E-state index contributed by atoms with van der Waals surface area (Å²) in [5.74, 6) is -0.391. The number of nitrogens with two attached hydrogens (primary N) is 1. The quantitative estimate of drug-likeness (QED) is 0.474. The molecule has 1 amide bonds. The number of nitrogens with one attached hydrogen (secondary N) is 1. The van der Waals surface area contributed by atoms with Crippen LogP contribution in [0.3, 0.4) is 0 Å². The Labute approximate surface area is 103 Å². The molecule has 0 aromatic rings. The number of hydrogen-bond acceptors (Lipinski definition) is 3. The molecule has 4 nitrogen and oxygen atoms in total.